The van der Waals surface area contributed by atoms with Crippen molar-refractivity contribution in [2.24, 2.45) is 0 Å². The summed E-state index contributed by atoms with van der Waals surface area (Å²) >= 11 is 7.08. The highest BCUT2D eigenvalue weighted by Gasteiger charge is 2.45. The molecule has 0 unspecified atom stereocenters. The summed E-state index contributed by atoms with van der Waals surface area (Å²) in [7, 11) is 0. The highest BCUT2D eigenvalue weighted by Crippen LogP contribution is 2.35. The van der Waals surface area contributed by atoms with Gasteiger partial charge in [-0.1, -0.05) is 0 Å². The van der Waals surface area contributed by atoms with Crippen LogP contribution in [-0.4, -0.2) is 57.9 Å². The summed E-state index contributed by atoms with van der Waals surface area (Å²) in [6.07, 6.45) is 1.11. The minimum Gasteiger partial charge on any atom is -0.492 e. The monoisotopic (exact) mass is 477 g/mol. The van der Waals surface area contributed by atoms with E-state index in [0.717, 1.165) is 16.3 Å². The Bertz CT molecular complexity index is 1190. The van der Waals surface area contributed by atoms with Gasteiger partial charge in [0.1, 0.15) is 23.6 Å². The van der Waals surface area contributed by atoms with Gasteiger partial charge in [-0.3, -0.25) is 10.1 Å². The Kier molecular flexibility index (Phi) is 6.16. The normalized spacial score (nSPS) is 15.3. The van der Waals surface area contributed by atoms with Crippen molar-refractivity contribution in [2.45, 2.75) is 19.4 Å². The van der Waals surface area contributed by atoms with Gasteiger partial charge in [0.2, 0.25) is 5.95 Å². The van der Waals surface area contributed by atoms with E-state index in [4.69, 9.17) is 16.3 Å². The summed E-state index contributed by atoms with van der Waals surface area (Å²) in [5, 5.41) is 6.21. The van der Waals surface area contributed by atoms with Crippen molar-refractivity contribution in [1.82, 2.24) is 20.2 Å². The molecule has 8 nitrogen and oxygen atoms in total. The number of hydrogen-bond acceptors (Lipinski definition) is 7. The number of benzene rings is 1. The number of anilines is 1. The molecule has 0 bridgehead atoms. The molecule has 1 aliphatic heterocycles. The van der Waals surface area contributed by atoms with E-state index in [1.807, 2.05) is 24.3 Å². The van der Waals surface area contributed by atoms with Gasteiger partial charge in [-0.15, -0.1) is 22.9 Å². The minimum atomic E-state index is -0.934. The smallest absolute Gasteiger partial charge is 0.325 e. The zero-order valence-electron chi connectivity index (χ0n) is 17.4. The molecule has 1 aliphatic rings. The number of ether oxygens (including phenoxy) is 1. The summed E-state index contributed by atoms with van der Waals surface area (Å²) < 4.78 is 21.0. The molecule has 0 radical (unpaired) electrons. The van der Waals surface area contributed by atoms with Crippen LogP contribution in [0.4, 0.5) is 15.1 Å². The van der Waals surface area contributed by atoms with Gasteiger partial charge >= 0.3 is 6.03 Å². The Morgan fingerprint density at radius 3 is 2.84 bits per heavy atom. The molecule has 32 heavy (non-hydrogen) atoms. The van der Waals surface area contributed by atoms with Crippen LogP contribution in [0.3, 0.4) is 0 Å². The molecular formula is C21H21ClFN5O3S. The number of halogens is 2. The zero-order valence-corrected chi connectivity index (χ0v) is 19.0. The van der Waals surface area contributed by atoms with E-state index in [1.165, 1.54) is 16.2 Å². The van der Waals surface area contributed by atoms with Gasteiger partial charge in [-0.05, 0) is 43.5 Å². The molecule has 3 aromatic rings. The maximum atomic E-state index is 14.5. The number of nitrogens with one attached hydrogen (secondary N) is 2. The second-order valence-electron chi connectivity index (χ2n) is 7.63. The topological polar surface area (TPSA) is 96.5 Å². The van der Waals surface area contributed by atoms with Crippen LogP contribution >= 0.6 is 22.9 Å². The molecular weight excluding hydrogens is 457 g/mol. The molecule has 0 spiro atoms. The third kappa shape index (κ3) is 4.33. The number of carbonyl (C=O) groups is 2. The van der Waals surface area contributed by atoms with Gasteiger partial charge in [0.25, 0.3) is 5.91 Å². The zero-order chi connectivity index (χ0) is 22.9. The Morgan fingerprint density at radius 2 is 2.12 bits per heavy atom. The molecule has 0 atom stereocenters. The minimum absolute atomic E-state index is 0.182. The third-order valence-corrected chi connectivity index (χ3v) is 6.40. The number of urea groups is 1. The first kappa shape index (κ1) is 22.2. The number of nitrogens with zero attached hydrogens (tertiary/aromatic N) is 3. The van der Waals surface area contributed by atoms with Crippen LogP contribution in [-0.2, 0) is 4.79 Å². The van der Waals surface area contributed by atoms with Gasteiger partial charge in [-0.25, -0.2) is 19.2 Å². The molecule has 11 heteroatoms. The number of carbonyl (C=O) groups excluding carboxylic acids is 2. The molecule has 168 valence electrons. The number of rotatable bonds is 8. The van der Waals surface area contributed by atoms with Crippen LogP contribution < -0.4 is 15.4 Å². The van der Waals surface area contributed by atoms with Crippen molar-refractivity contribution in [3.63, 3.8) is 0 Å². The molecule has 1 fully saturated rings. The lowest BCUT2D eigenvalue weighted by Gasteiger charge is -2.27. The lowest BCUT2D eigenvalue weighted by atomic mass is 10.0. The fourth-order valence-corrected chi connectivity index (χ4v) is 4.48. The lowest BCUT2D eigenvalue weighted by molar-refractivity contribution is -0.125. The van der Waals surface area contributed by atoms with Gasteiger partial charge < -0.3 is 15.0 Å². The standard InChI is InChI=1S/C21H21ClFN5O3S/c1-21(2)18(29)27-20(30)28(21)7-6-24-19-25-11-14(23)17(26-19)16-10-12-9-13(31-8-5-22)3-4-15(12)32-16/h3-4,9-11H,5-8H2,1-2H3,(H,24,25,26)(H,27,29,30). The highest BCUT2D eigenvalue weighted by atomic mass is 35.5. The Hall–Kier alpha value is -2.98. The average molecular weight is 478 g/mol. The van der Waals surface area contributed by atoms with E-state index in [0.29, 0.717) is 29.7 Å². The summed E-state index contributed by atoms with van der Waals surface area (Å²) in [6.45, 7) is 4.31. The van der Waals surface area contributed by atoms with Crippen molar-refractivity contribution >= 4 is 50.9 Å². The van der Waals surface area contributed by atoms with Crippen LogP contribution in [0, 0.1) is 5.82 Å². The second-order valence-corrected chi connectivity index (χ2v) is 9.10. The van der Waals surface area contributed by atoms with Crippen molar-refractivity contribution < 1.29 is 18.7 Å². The first-order valence-electron chi connectivity index (χ1n) is 9.92. The number of hydrogen-bond donors (Lipinski definition) is 2. The van der Waals surface area contributed by atoms with E-state index in [1.54, 1.807) is 13.8 Å². The first-order chi connectivity index (χ1) is 15.3. The maximum Gasteiger partial charge on any atom is 0.325 e. The van der Waals surface area contributed by atoms with Crippen LogP contribution in [0.25, 0.3) is 20.7 Å². The predicted molar refractivity (Wildman–Crippen MR) is 122 cm³/mol. The third-order valence-electron chi connectivity index (χ3n) is 5.13. The molecule has 4 rings (SSSR count). The largest absolute Gasteiger partial charge is 0.492 e. The SMILES string of the molecule is CC1(C)C(=O)NC(=O)N1CCNc1ncc(F)c(-c2cc3cc(OCCCl)ccc3s2)n1. The molecule has 1 aromatic carbocycles. The first-order valence-corrected chi connectivity index (χ1v) is 11.3. The molecule has 0 saturated carbocycles. The molecule has 3 heterocycles. The quantitative estimate of drug-likeness (QED) is 0.378. The molecule has 1 saturated heterocycles. The Labute approximate surface area is 192 Å². The van der Waals surface area contributed by atoms with Crippen LogP contribution in [0.2, 0.25) is 0 Å². The fraction of sp³-hybridized carbons (Fsp3) is 0.333. The number of alkyl halides is 1. The van der Waals surface area contributed by atoms with Crippen LogP contribution in [0.1, 0.15) is 13.8 Å². The summed E-state index contributed by atoms with van der Waals surface area (Å²) in [5.74, 6) is 0.440. The van der Waals surface area contributed by atoms with Crippen molar-refractivity contribution in [2.75, 3.05) is 30.9 Å². The second kappa shape index (κ2) is 8.87. The van der Waals surface area contributed by atoms with Gasteiger partial charge in [0, 0.05) is 17.8 Å². The number of imide groups is 1. The number of fused-ring (bicyclic) bond motifs is 1. The lowest BCUT2D eigenvalue weighted by Crippen LogP contribution is -2.46. The van der Waals surface area contributed by atoms with E-state index in [9.17, 15) is 14.0 Å². The van der Waals surface area contributed by atoms with E-state index >= 15 is 0 Å². The highest BCUT2D eigenvalue weighted by molar-refractivity contribution is 7.22. The van der Waals surface area contributed by atoms with Gasteiger partial charge in [-0.2, -0.15) is 0 Å². The van der Waals surface area contributed by atoms with Crippen LogP contribution in [0.15, 0.2) is 30.5 Å². The van der Waals surface area contributed by atoms with E-state index in [-0.39, 0.29) is 24.1 Å². The van der Waals surface area contributed by atoms with Gasteiger partial charge in [0.05, 0.1) is 17.0 Å². The van der Waals surface area contributed by atoms with Crippen molar-refractivity contribution in [3.8, 4) is 16.3 Å². The predicted octanol–water partition coefficient (Wildman–Crippen LogP) is 3.86. The Balaban J connectivity index is 1.49. The number of amides is 3. The summed E-state index contributed by atoms with van der Waals surface area (Å²) in [4.78, 5) is 34.2. The average Bonchev–Trinajstić information content (AvgIpc) is 3.26. The van der Waals surface area contributed by atoms with Crippen molar-refractivity contribution in [1.29, 1.82) is 0 Å². The van der Waals surface area contributed by atoms with Crippen molar-refractivity contribution in [3.05, 3.63) is 36.3 Å². The maximum absolute atomic E-state index is 14.5. The fourth-order valence-electron chi connectivity index (χ4n) is 3.36. The molecule has 0 aliphatic carbocycles. The molecule has 2 aromatic heterocycles. The van der Waals surface area contributed by atoms with Gasteiger partial charge in [0.15, 0.2) is 5.82 Å². The number of thiophene rings is 1. The van der Waals surface area contributed by atoms with E-state index < -0.39 is 17.4 Å². The molecule has 3 amide bonds. The summed E-state index contributed by atoms with van der Waals surface area (Å²) in [6, 6.07) is 7.05. The molecule has 2 N–H and O–H groups in total. The van der Waals surface area contributed by atoms with Crippen LogP contribution in [0.5, 0.6) is 5.75 Å². The Morgan fingerprint density at radius 1 is 1.31 bits per heavy atom. The number of aromatic nitrogens is 2. The summed E-state index contributed by atoms with van der Waals surface area (Å²) in [5.41, 5.74) is -0.752. The van der Waals surface area contributed by atoms with E-state index in [2.05, 4.69) is 20.6 Å².